The summed E-state index contributed by atoms with van der Waals surface area (Å²) >= 11 is 11.7. The number of nitrogens with zero attached hydrogens (tertiary/aromatic N) is 1. The fourth-order valence-electron chi connectivity index (χ4n) is 1.91. The van der Waals surface area contributed by atoms with Crippen molar-refractivity contribution in [3.63, 3.8) is 0 Å². The molecule has 0 aliphatic rings. The van der Waals surface area contributed by atoms with E-state index in [4.69, 9.17) is 27.9 Å². The Morgan fingerprint density at radius 2 is 1.92 bits per heavy atom. The molecule has 0 saturated carbocycles. The van der Waals surface area contributed by atoms with Gasteiger partial charge in [0.2, 0.25) is 0 Å². The predicted molar refractivity (Wildman–Crippen MR) is 93.2 cm³/mol. The van der Waals surface area contributed by atoms with Crippen LogP contribution in [-0.4, -0.2) is 23.4 Å². The van der Waals surface area contributed by atoms with Crippen molar-refractivity contribution in [2.24, 2.45) is 0 Å². The molecule has 0 fully saturated rings. The molecule has 0 heterocycles. The Kier molecular flexibility index (Phi) is 5.95. The molecule has 25 heavy (non-hydrogen) atoms. The maximum atomic E-state index is 12.0. The zero-order valence-electron chi connectivity index (χ0n) is 12.9. The maximum absolute atomic E-state index is 12.0. The molecule has 1 N–H and O–H groups in total. The number of halogens is 2. The number of hydrogen-bond acceptors (Lipinski definition) is 5. The van der Waals surface area contributed by atoms with Crippen molar-refractivity contribution in [3.8, 4) is 0 Å². The van der Waals surface area contributed by atoms with Gasteiger partial charge in [-0.15, -0.1) is 0 Å². The first-order valence-electron chi connectivity index (χ1n) is 6.95. The van der Waals surface area contributed by atoms with Gasteiger partial charge in [0.15, 0.2) is 6.61 Å². The first kappa shape index (κ1) is 18.7. The predicted octanol–water partition coefficient (Wildman–Crippen LogP) is 4.01. The molecule has 2 aromatic carbocycles. The number of carbonyl (C=O) groups is 2. The number of rotatable bonds is 5. The van der Waals surface area contributed by atoms with Crippen molar-refractivity contribution in [2.75, 3.05) is 11.9 Å². The third-order valence-electron chi connectivity index (χ3n) is 3.19. The molecule has 0 bridgehead atoms. The van der Waals surface area contributed by atoms with Gasteiger partial charge in [-0.25, -0.2) is 4.79 Å². The minimum Gasteiger partial charge on any atom is -0.452 e. The van der Waals surface area contributed by atoms with E-state index in [9.17, 15) is 19.7 Å². The van der Waals surface area contributed by atoms with Crippen LogP contribution >= 0.6 is 23.2 Å². The third kappa shape index (κ3) is 4.91. The summed E-state index contributed by atoms with van der Waals surface area (Å²) in [6.07, 6.45) is 0. The number of aryl methyl sites for hydroxylation is 1. The summed E-state index contributed by atoms with van der Waals surface area (Å²) < 4.78 is 4.86. The molecule has 130 valence electrons. The number of hydrogen-bond donors (Lipinski definition) is 1. The number of non-ortho nitro benzene ring substituents is 1. The molecule has 0 radical (unpaired) electrons. The maximum Gasteiger partial charge on any atom is 0.340 e. The van der Waals surface area contributed by atoms with Gasteiger partial charge in [-0.1, -0.05) is 29.3 Å². The van der Waals surface area contributed by atoms with Crippen molar-refractivity contribution in [2.45, 2.75) is 6.92 Å². The second-order valence-corrected chi connectivity index (χ2v) is 5.85. The van der Waals surface area contributed by atoms with E-state index in [0.717, 1.165) is 17.7 Å². The molecular weight excluding hydrogens is 371 g/mol. The van der Waals surface area contributed by atoms with Crippen LogP contribution in [0.1, 0.15) is 15.9 Å². The molecule has 0 unspecified atom stereocenters. The van der Waals surface area contributed by atoms with Gasteiger partial charge < -0.3 is 10.1 Å². The molecule has 2 aromatic rings. The number of benzene rings is 2. The standard InChI is InChI=1S/C16H12Cl2N2O5/c1-9-2-3-10(17)6-14(9)19-15(21)8-25-16(22)12-7-11(20(23)24)4-5-13(12)18/h2-7H,8H2,1H3,(H,19,21). The minimum atomic E-state index is -0.938. The van der Waals surface area contributed by atoms with Crippen LogP contribution < -0.4 is 5.32 Å². The van der Waals surface area contributed by atoms with E-state index < -0.39 is 23.4 Å². The van der Waals surface area contributed by atoms with E-state index in [2.05, 4.69) is 5.32 Å². The fourth-order valence-corrected chi connectivity index (χ4v) is 2.27. The number of ether oxygens (including phenoxy) is 1. The summed E-state index contributed by atoms with van der Waals surface area (Å²) in [4.78, 5) is 34.0. The number of amides is 1. The largest absolute Gasteiger partial charge is 0.452 e. The van der Waals surface area contributed by atoms with Crippen LogP contribution in [0.3, 0.4) is 0 Å². The Hall–Kier alpha value is -2.64. The van der Waals surface area contributed by atoms with Crippen LogP contribution in [0, 0.1) is 17.0 Å². The van der Waals surface area contributed by atoms with Gasteiger partial charge in [-0.3, -0.25) is 14.9 Å². The number of anilines is 1. The van der Waals surface area contributed by atoms with Gasteiger partial charge in [0.05, 0.1) is 15.5 Å². The average molecular weight is 383 g/mol. The highest BCUT2D eigenvalue weighted by Gasteiger charge is 2.18. The topological polar surface area (TPSA) is 98.5 Å². The third-order valence-corrected chi connectivity index (χ3v) is 3.75. The van der Waals surface area contributed by atoms with Gasteiger partial charge in [-0.2, -0.15) is 0 Å². The van der Waals surface area contributed by atoms with E-state index in [1.54, 1.807) is 25.1 Å². The SMILES string of the molecule is Cc1ccc(Cl)cc1NC(=O)COC(=O)c1cc([N+](=O)[O-])ccc1Cl. The molecule has 0 aliphatic carbocycles. The van der Waals surface area contributed by atoms with E-state index in [-0.39, 0.29) is 16.3 Å². The summed E-state index contributed by atoms with van der Waals surface area (Å²) in [7, 11) is 0. The summed E-state index contributed by atoms with van der Waals surface area (Å²) in [5.41, 5.74) is 0.769. The zero-order chi connectivity index (χ0) is 18.6. The smallest absolute Gasteiger partial charge is 0.340 e. The second-order valence-electron chi connectivity index (χ2n) is 5.00. The van der Waals surface area contributed by atoms with Crippen LogP contribution in [0.15, 0.2) is 36.4 Å². The highest BCUT2D eigenvalue weighted by atomic mass is 35.5. The lowest BCUT2D eigenvalue weighted by molar-refractivity contribution is -0.384. The summed E-state index contributed by atoms with van der Waals surface area (Å²) in [5, 5.41) is 13.7. The quantitative estimate of drug-likeness (QED) is 0.478. The molecule has 0 aromatic heterocycles. The molecule has 0 saturated heterocycles. The van der Waals surface area contributed by atoms with Gasteiger partial charge in [0.25, 0.3) is 11.6 Å². The molecule has 0 spiro atoms. The summed E-state index contributed by atoms with van der Waals surface area (Å²) in [6, 6.07) is 8.33. The van der Waals surface area contributed by atoms with Gasteiger partial charge in [0.1, 0.15) is 0 Å². The van der Waals surface area contributed by atoms with Crippen LogP contribution in [0.4, 0.5) is 11.4 Å². The second kappa shape index (κ2) is 7.96. The highest BCUT2D eigenvalue weighted by Crippen LogP contribution is 2.23. The zero-order valence-corrected chi connectivity index (χ0v) is 14.4. The Bertz CT molecular complexity index is 854. The number of esters is 1. The van der Waals surface area contributed by atoms with E-state index in [1.807, 2.05) is 0 Å². The fraction of sp³-hybridized carbons (Fsp3) is 0.125. The van der Waals surface area contributed by atoms with Crippen molar-refractivity contribution >= 4 is 46.5 Å². The molecular formula is C16H12Cl2N2O5. The van der Waals surface area contributed by atoms with Crippen LogP contribution in [0.25, 0.3) is 0 Å². The van der Waals surface area contributed by atoms with Crippen LogP contribution in [0.2, 0.25) is 10.0 Å². The van der Waals surface area contributed by atoms with Crippen LogP contribution in [-0.2, 0) is 9.53 Å². The van der Waals surface area contributed by atoms with Crippen molar-refractivity contribution in [1.82, 2.24) is 0 Å². The Morgan fingerprint density at radius 1 is 1.20 bits per heavy atom. The Balaban J connectivity index is 2.02. The van der Waals surface area contributed by atoms with E-state index in [1.165, 1.54) is 6.07 Å². The Labute approximate surface area is 152 Å². The van der Waals surface area contributed by atoms with Crippen molar-refractivity contribution < 1.29 is 19.2 Å². The van der Waals surface area contributed by atoms with Crippen molar-refractivity contribution in [3.05, 3.63) is 67.7 Å². The Morgan fingerprint density at radius 3 is 2.60 bits per heavy atom. The minimum absolute atomic E-state index is 0.0123. The van der Waals surface area contributed by atoms with E-state index >= 15 is 0 Å². The first-order chi connectivity index (χ1) is 11.8. The molecule has 2 rings (SSSR count). The lowest BCUT2D eigenvalue weighted by Gasteiger charge is -2.10. The average Bonchev–Trinajstić information content (AvgIpc) is 2.56. The molecule has 0 aliphatic heterocycles. The normalized spacial score (nSPS) is 10.2. The van der Waals surface area contributed by atoms with Gasteiger partial charge in [-0.05, 0) is 30.7 Å². The van der Waals surface area contributed by atoms with Gasteiger partial charge in [0, 0.05) is 22.8 Å². The summed E-state index contributed by atoms with van der Waals surface area (Å²) in [6.45, 7) is 1.20. The molecule has 7 nitrogen and oxygen atoms in total. The lowest BCUT2D eigenvalue weighted by atomic mass is 10.2. The molecule has 1 amide bonds. The lowest BCUT2D eigenvalue weighted by Crippen LogP contribution is -2.21. The van der Waals surface area contributed by atoms with Crippen molar-refractivity contribution in [1.29, 1.82) is 0 Å². The number of nitro benzene ring substituents is 1. The monoisotopic (exact) mass is 382 g/mol. The molecule has 9 heteroatoms. The number of nitrogens with one attached hydrogen (secondary N) is 1. The first-order valence-corrected chi connectivity index (χ1v) is 7.70. The molecule has 0 atom stereocenters. The van der Waals surface area contributed by atoms with E-state index in [0.29, 0.717) is 10.7 Å². The van der Waals surface area contributed by atoms with Gasteiger partial charge >= 0.3 is 5.97 Å². The number of carbonyl (C=O) groups excluding carboxylic acids is 2. The summed E-state index contributed by atoms with van der Waals surface area (Å²) in [5.74, 6) is -1.52. The van der Waals surface area contributed by atoms with Crippen LogP contribution in [0.5, 0.6) is 0 Å². The highest BCUT2D eigenvalue weighted by molar-refractivity contribution is 6.33. The number of nitro groups is 1.